The van der Waals surface area contributed by atoms with Crippen LogP contribution in [0.5, 0.6) is 5.75 Å². The third-order valence-corrected chi connectivity index (χ3v) is 6.20. The summed E-state index contributed by atoms with van der Waals surface area (Å²) < 4.78 is 32.2. The Morgan fingerprint density at radius 1 is 1.19 bits per heavy atom. The molecule has 1 atom stereocenters. The Hall–Kier alpha value is -2.13. The standard InChI is InChI=1S/C17H25N3O5S/c1-3-10-18-16(21)17(22)19-12-13-5-4-11-20(13)26(23,24)15-8-6-14(25-2)7-9-15/h6-9,13H,3-5,10-12H2,1-2H3,(H,18,21)(H,19,22)/t13-/m0/s1. The lowest BCUT2D eigenvalue weighted by Crippen LogP contribution is -2.47. The number of nitrogens with zero attached hydrogens (tertiary/aromatic N) is 1. The molecule has 1 fully saturated rings. The normalized spacial score (nSPS) is 17.7. The Bertz CT molecular complexity index is 733. The second kappa shape index (κ2) is 9.00. The number of nitrogens with one attached hydrogen (secondary N) is 2. The molecule has 0 bridgehead atoms. The molecule has 2 rings (SSSR count). The summed E-state index contributed by atoms with van der Waals surface area (Å²) in [5, 5.41) is 5.02. The van der Waals surface area contributed by atoms with Crippen LogP contribution in [0.2, 0.25) is 0 Å². The minimum absolute atomic E-state index is 0.105. The molecule has 8 nitrogen and oxygen atoms in total. The van der Waals surface area contributed by atoms with Gasteiger partial charge in [-0.3, -0.25) is 9.59 Å². The highest BCUT2D eigenvalue weighted by Crippen LogP contribution is 2.26. The number of benzene rings is 1. The monoisotopic (exact) mass is 383 g/mol. The lowest BCUT2D eigenvalue weighted by Gasteiger charge is -2.24. The van der Waals surface area contributed by atoms with E-state index in [4.69, 9.17) is 4.74 Å². The minimum atomic E-state index is -3.67. The first-order valence-corrected chi connectivity index (χ1v) is 10.1. The molecule has 26 heavy (non-hydrogen) atoms. The van der Waals surface area contributed by atoms with Crippen LogP contribution in [0.1, 0.15) is 26.2 Å². The van der Waals surface area contributed by atoms with Crippen LogP contribution >= 0.6 is 0 Å². The number of ether oxygens (including phenoxy) is 1. The van der Waals surface area contributed by atoms with Crippen molar-refractivity contribution < 1.29 is 22.7 Å². The van der Waals surface area contributed by atoms with Crippen LogP contribution in [-0.4, -0.2) is 57.3 Å². The van der Waals surface area contributed by atoms with Crippen molar-refractivity contribution in [1.82, 2.24) is 14.9 Å². The van der Waals surface area contributed by atoms with Crippen LogP contribution in [0.15, 0.2) is 29.2 Å². The molecule has 1 aliphatic heterocycles. The molecule has 0 aromatic heterocycles. The second-order valence-electron chi connectivity index (χ2n) is 6.05. The molecule has 0 radical (unpaired) electrons. The largest absolute Gasteiger partial charge is 0.497 e. The van der Waals surface area contributed by atoms with Crippen molar-refractivity contribution >= 4 is 21.8 Å². The van der Waals surface area contributed by atoms with Crippen molar-refractivity contribution in [1.29, 1.82) is 0 Å². The van der Waals surface area contributed by atoms with Crippen LogP contribution < -0.4 is 15.4 Å². The van der Waals surface area contributed by atoms with Crippen LogP contribution in [0.3, 0.4) is 0 Å². The summed E-state index contributed by atoms with van der Waals surface area (Å²) in [6.07, 6.45) is 2.07. The summed E-state index contributed by atoms with van der Waals surface area (Å²) in [5.41, 5.74) is 0. The second-order valence-corrected chi connectivity index (χ2v) is 7.94. The fourth-order valence-corrected chi connectivity index (χ4v) is 4.52. The quantitative estimate of drug-likeness (QED) is 0.667. The fourth-order valence-electron chi connectivity index (χ4n) is 2.82. The van der Waals surface area contributed by atoms with Gasteiger partial charge in [-0.05, 0) is 43.5 Å². The van der Waals surface area contributed by atoms with Crippen LogP contribution in [0, 0.1) is 0 Å². The topological polar surface area (TPSA) is 105 Å². The van der Waals surface area contributed by atoms with Gasteiger partial charge in [-0.25, -0.2) is 8.42 Å². The Kier molecular flexibility index (Phi) is 6.98. The summed E-state index contributed by atoms with van der Waals surface area (Å²) in [7, 11) is -2.16. The van der Waals surface area contributed by atoms with Gasteiger partial charge < -0.3 is 15.4 Å². The smallest absolute Gasteiger partial charge is 0.309 e. The summed E-state index contributed by atoms with van der Waals surface area (Å²) in [4.78, 5) is 23.6. The number of amides is 2. The van der Waals surface area contributed by atoms with Gasteiger partial charge >= 0.3 is 11.8 Å². The third-order valence-electron chi connectivity index (χ3n) is 4.23. The van der Waals surface area contributed by atoms with E-state index in [1.807, 2.05) is 6.92 Å². The molecule has 9 heteroatoms. The molecule has 2 amide bonds. The molecular formula is C17H25N3O5S. The van der Waals surface area contributed by atoms with E-state index in [-0.39, 0.29) is 17.5 Å². The zero-order chi connectivity index (χ0) is 19.2. The van der Waals surface area contributed by atoms with E-state index >= 15 is 0 Å². The molecule has 1 heterocycles. The molecule has 144 valence electrons. The summed E-state index contributed by atoms with van der Waals surface area (Å²) in [6, 6.07) is 5.82. The van der Waals surface area contributed by atoms with Gasteiger partial charge in [-0.15, -0.1) is 0 Å². The number of carbonyl (C=O) groups excluding carboxylic acids is 2. The van der Waals surface area contributed by atoms with E-state index in [1.165, 1.54) is 23.5 Å². The lowest BCUT2D eigenvalue weighted by atomic mass is 10.2. The number of carbonyl (C=O) groups is 2. The van der Waals surface area contributed by atoms with Crippen LogP contribution in [-0.2, 0) is 19.6 Å². The van der Waals surface area contributed by atoms with E-state index in [9.17, 15) is 18.0 Å². The fraction of sp³-hybridized carbons (Fsp3) is 0.529. The average molecular weight is 383 g/mol. The van der Waals surface area contributed by atoms with Crippen LogP contribution in [0.25, 0.3) is 0 Å². The maximum absolute atomic E-state index is 12.9. The van der Waals surface area contributed by atoms with E-state index in [0.717, 1.165) is 6.42 Å². The molecule has 1 aliphatic rings. The van der Waals surface area contributed by atoms with Gasteiger partial charge in [-0.1, -0.05) is 6.92 Å². The van der Waals surface area contributed by atoms with Crippen molar-refractivity contribution in [3.8, 4) is 5.75 Å². The zero-order valence-electron chi connectivity index (χ0n) is 15.0. The summed E-state index contributed by atoms with van der Waals surface area (Å²) >= 11 is 0. The predicted octanol–water partition coefficient (Wildman–Crippen LogP) is 0.491. The first-order valence-electron chi connectivity index (χ1n) is 8.62. The first kappa shape index (κ1) is 20.2. The van der Waals surface area contributed by atoms with Crippen LogP contribution in [0.4, 0.5) is 0 Å². The molecule has 1 aromatic carbocycles. The Morgan fingerprint density at radius 2 is 1.85 bits per heavy atom. The Balaban J connectivity index is 2.02. The van der Waals surface area contributed by atoms with Gasteiger partial charge in [0.05, 0.1) is 12.0 Å². The number of hydrogen-bond donors (Lipinski definition) is 2. The van der Waals surface area contributed by atoms with E-state index in [1.54, 1.807) is 12.1 Å². The Morgan fingerprint density at radius 3 is 2.46 bits per heavy atom. The first-order chi connectivity index (χ1) is 12.4. The number of rotatable bonds is 7. The minimum Gasteiger partial charge on any atom is -0.497 e. The van der Waals surface area contributed by atoms with Gasteiger partial charge in [0.1, 0.15) is 5.75 Å². The number of hydrogen-bond acceptors (Lipinski definition) is 5. The molecule has 0 unspecified atom stereocenters. The molecular weight excluding hydrogens is 358 g/mol. The highest BCUT2D eigenvalue weighted by atomic mass is 32.2. The molecule has 0 saturated carbocycles. The van der Waals surface area contributed by atoms with Gasteiger partial charge in [0.25, 0.3) is 0 Å². The molecule has 1 saturated heterocycles. The van der Waals surface area contributed by atoms with Crippen molar-refractivity contribution in [2.24, 2.45) is 0 Å². The van der Waals surface area contributed by atoms with Crippen molar-refractivity contribution in [3.05, 3.63) is 24.3 Å². The van der Waals surface area contributed by atoms with Gasteiger partial charge in [0.15, 0.2) is 0 Å². The predicted molar refractivity (Wildman–Crippen MR) is 96.2 cm³/mol. The van der Waals surface area contributed by atoms with Crippen molar-refractivity contribution in [3.63, 3.8) is 0 Å². The zero-order valence-corrected chi connectivity index (χ0v) is 15.8. The summed E-state index contributed by atoms with van der Waals surface area (Å²) in [6.45, 7) is 2.80. The highest BCUT2D eigenvalue weighted by Gasteiger charge is 2.35. The van der Waals surface area contributed by atoms with Gasteiger partial charge in [0.2, 0.25) is 10.0 Å². The van der Waals surface area contributed by atoms with Crippen molar-refractivity contribution in [2.45, 2.75) is 37.1 Å². The molecule has 1 aromatic rings. The van der Waals surface area contributed by atoms with E-state index in [2.05, 4.69) is 10.6 Å². The van der Waals surface area contributed by atoms with Gasteiger partial charge in [0, 0.05) is 25.7 Å². The maximum atomic E-state index is 12.9. The molecule has 0 spiro atoms. The molecule has 2 N–H and O–H groups in total. The SMILES string of the molecule is CCCNC(=O)C(=O)NC[C@@H]1CCCN1S(=O)(=O)c1ccc(OC)cc1. The highest BCUT2D eigenvalue weighted by molar-refractivity contribution is 7.89. The summed E-state index contributed by atoms with van der Waals surface area (Å²) in [5.74, 6) is -0.867. The lowest BCUT2D eigenvalue weighted by molar-refractivity contribution is -0.139. The van der Waals surface area contributed by atoms with Crippen molar-refractivity contribution in [2.75, 3.05) is 26.7 Å². The average Bonchev–Trinajstić information content (AvgIpc) is 3.13. The maximum Gasteiger partial charge on any atom is 0.309 e. The number of sulfonamides is 1. The van der Waals surface area contributed by atoms with E-state index in [0.29, 0.717) is 31.7 Å². The third kappa shape index (κ3) is 4.73. The Labute approximate surface area is 153 Å². The van der Waals surface area contributed by atoms with E-state index < -0.39 is 21.8 Å². The number of methoxy groups -OCH3 is 1. The van der Waals surface area contributed by atoms with Gasteiger partial charge in [-0.2, -0.15) is 4.31 Å². The molecule has 0 aliphatic carbocycles.